The number of cyclic esters (lactones) is 2. The van der Waals surface area contributed by atoms with Gasteiger partial charge in [-0.1, -0.05) is 0 Å². The van der Waals surface area contributed by atoms with E-state index in [9.17, 15) is 14.4 Å². The Kier molecular flexibility index (Phi) is 1.11. The molecular formula is C9H8O4. The minimum absolute atomic E-state index is 0.0847. The number of Topliss-reactive ketones (excluding diaryl/α,β-unsaturated/α-hetero) is 1. The van der Waals surface area contributed by atoms with Crippen LogP contribution >= 0.6 is 0 Å². The normalized spacial score (nSPS) is 46.9. The molecule has 13 heavy (non-hydrogen) atoms. The molecule has 4 nitrogen and oxygen atoms in total. The average Bonchev–Trinajstić information content (AvgIpc) is 2.64. The molecule has 4 atom stereocenters. The molecule has 1 heterocycles. The molecule has 2 bridgehead atoms. The molecule has 1 aliphatic heterocycles. The van der Waals surface area contributed by atoms with Gasteiger partial charge in [-0.2, -0.15) is 0 Å². The molecule has 0 aromatic rings. The van der Waals surface area contributed by atoms with Crippen molar-refractivity contribution >= 4 is 17.7 Å². The third-order valence-corrected chi connectivity index (χ3v) is 3.51. The number of hydrogen-bond donors (Lipinski definition) is 0. The quantitative estimate of drug-likeness (QED) is 0.386. The fourth-order valence-electron chi connectivity index (χ4n) is 3.00. The molecule has 0 aromatic carbocycles. The zero-order valence-electron chi connectivity index (χ0n) is 6.86. The molecule has 0 spiro atoms. The predicted octanol–water partition coefficient (Wildman–Crippen LogP) is -0.0889. The highest BCUT2D eigenvalue weighted by Crippen LogP contribution is 2.53. The summed E-state index contributed by atoms with van der Waals surface area (Å²) in [5, 5.41) is 0. The summed E-state index contributed by atoms with van der Waals surface area (Å²) in [7, 11) is 0. The standard InChI is InChI=1S/C9H8O4/c10-5-2-3-1-4(5)7-6(3)8(11)13-9(7)12/h3-4,6-7H,1-2H2/t3-,4+,6-,7+/m0/s1. The average molecular weight is 180 g/mol. The van der Waals surface area contributed by atoms with E-state index in [4.69, 9.17) is 0 Å². The van der Waals surface area contributed by atoms with Gasteiger partial charge in [-0.05, 0) is 12.3 Å². The van der Waals surface area contributed by atoms with Gasteiger partial charge in [-0.15, -0.1) is 0 Å². The highest BCUT2D eigenvalue weighted by molar-refractivity contribution is 6.03. The molecule has 3 fully saturated rings. The SMILES string of the molecule is O=C1OC(=O)[C@H]2[C@@H]1[C@@H]1CC(=O)[C@H]2C1. The third kappa shape index (κ3) is 0.692. The van der Waals surface area contributed by atoms with E-state index in [1.807, 2.05) is 0 Å². The highest BCUT2D eigenvalue weighted by Gasteiger charge is 2.62. The summed E-state index contributed by atoms with van der Waals surface area (Å²) in [6.07, 6.45) is 1.18. The first-order valence-corrected chi connectivity index (χ1v) is 4.46. The smallest absolute Gasteiger partial charge is 0.318 e. The maximum atomic E-state index is 11.3. The number of carbonyl (C=O) groups excluding carboxylic acids is 3. The van der Waals surface area contributed by atoms with Crippen LogP contribution in [0.4, 0.5) is 0 Å². The second-order valence-corrected chi connectivity index (χ2v) is 4.06. The minimum atomic E-state index is -0.476. The van der Waals surface area contributed by atoms with Crippen LogP contribution in [-0.2, 0) is 19.1 Å². The van der Waals surface area contributed by atoms with Crippen LogP contribution in [0.3, 0.4) is 0 Å². The monoisotopic (exact) mass is 180 g/mol. The second kappa shape index (κ2) is 2.00. The summed E-state index contributed by atoms with van der Waals surface area (Å²) < 4.78 is 4.53. The largest absolute Gasteiger partial charge is 0.393 e. The van der Waals surface area contributed by atoms with E-state index in [-0.39, 0.29) is 23.5 Å². The summed E-state index contributed by atoms with van der Waals surface area (Å²) in [4.78, 5) is 33.7. The summed E-state index contributed by atoms with van der Waals surface area (Å²) in [6.45, 7) is 0. The second-order valence-electron chi connectivity index (χ2n) is 4.06. The van der Waals surface area contributed by atoms with Crippen molar-refractivity contribution in [2.45, 2.75) is 12.8 Å². The zero-order chi connectivity index (χ0) is 9.16. The van der Waals surface area contributed by atoms with Gasteiger partial charge in [-0.25, -0.2) is 0 Å². The van der Waals surface area contributed by atoms with Gasteiger partial charge in [0.15, 0.2) is 0 Å². The Balaban J connectivity index is 2.05. The van der Waals surface area contributed by atoms with Crippen molar-refractivity contribution in [1.29, 1.82) is 0 Å². The molecule has 0 unspecified atom stereocenters. The minimum Gasteiger partial charge on any atom is -0.393 e. The molecule has 0 aromatic heterocycles. The lowest BCUT2D eigenvalue weighted by Gasteiger charge is -2.16. The van der Waals surface area contributed by atoms with E-state index in [1.54, 1.807) is 0 Å². The molecule has 0 amide bonds. The molecule has 3 rings (SSSR count). The van der Waals surface area contributed by atoms with Crippen molar-refractivity contribution in [2.75, 3.05) is 0 Å². The van der Waals surface area contributed by atoms with Gasteiger partial charge in [-0.3, -0.25) is 14.4 Å². The van der Waals surface area contributed by atoms with Crippen LogP contribution in [0.2, 0.25) is 0 Å². The first-order valence-electron chi connectivity index (χ1n) is 4.46. The molecular weight excluding hydrogens is 172 g/mol. The number of fused-ring (bicyclic) bond motifs is 5. The Morgan fingerprint density at radius 2 is 1.77 bits per heavy atom. The maximum absolute atomic E-state index is 11.3. The van der Waals surface area contributed by atoms with Crippen molar-refractivity contribution in [3.8, 4) is 0 Å². The van der Waals surface area contributed by atoms with Crippen molar-refractivity contribution < 1.29 is 19.1 Å². The van der Waals surface area contributed by atoms with Gasteiger partial charge in [0, 0.05) is 12.3 Å². The van der Waals surface area contributed by atoms with Gasteiger partial charge in [0.05, 0.1) is 11.8 Å². The van der Waals surface area contributed by atoms with Crippen LogP contribution in [0.15, 0.2) is 0 Å². The summed E-state index contributed by atoms with van der Waals surface area (Å²) in [5.41, 5.74) is 0. The number of esters is 2. The fourth-order valence-corrected chi connectivity index (χ4v) is 3.00. The van der Waals surface area contributed by atoms with E-state index in [1.165, 1.54) is 0 Å². The van der Waals surface area contributed by atoms with Crippen LogP contribution in [0.5, 0.6) is 0 Å². The Labute approximate surface area is 74.2 Å². The first-order chi connectivity index (χ1) is 6.18. The Morgan fingerprint density at radius 3 is 2.54 bits per heavy atom. The molecule has 3 aliphatic rings. The Morgan fingerprint density at radius 1 is 1.08 bits per heavy atom. The molecule has 2 saturated carbocycles. The molecule has 1 saturated heterocycles. The number of hydrogen-bond acceptors (Lipinski definition) is 4. The lowest BCUT2D eigenvalue weighted by Crippen LogP contribution is -2.30. The van der Waals surface area contributed by atoms with Crippen LogP contribution in [0.1, 0.15) is 12.8 Å². The fraction of sp³-hybridized carbons (Fsp3) is 0.667. The van der Waals surface area contributed by atoms with Crippen LogP contribution in [0, 0.1) is 23.7 Å². The van der Waals surface area contributed by atoms with Crippen LogP contribution in [-0.4, -0.2) is 17.7 Å². The molecule has 2 aliphatic carbocycles. The lowest BCUT2D eigenvalue weighted by molar-refractivity contribution is -0.155. The van der Waals surface area contributed by atoms with E-state index in [0.29, 0.717) is 6.42 Å². The lowest BCUT2D eigenvalue weighted by atomic mass is 9.80. The van der Waals surface area contributed by atoms with Gasteiger partial charge >= 0.3 is 11.9 Å². The van der Waals surface area contributed by atoms with Gasteiger partial charge in [0.1, 0.15) is 5.78 Å². The highest BCUT2D eigenvalue weighted by atomic mass is 16.6. The molecule has 4 heteroatoms. The van der Waals surface area contributed by atoms with Crippen molar-refractivity contribution in [2.24, 2.45) is 23.7 Å². The number of rotatable bonds is 0. The van der Waals surface area contributed by atoms with Crippen LogP contribution in [0.25, 0.3) is 0 Å². The number of carbonyl (C=O) groups is 3. The molecule has 0 N–H and O–H groups in total. The zero-order valence-corrected chi connectivity index (χ0v) is 6.86. The van der Waals surface area contributed by atoms with Crippen molar-refractivity contribution in [3.63, 3.8) is 0 Å². The maximum Gasteiger partial charge on any atom is 0.318 e. The third-order valence-electron chi connectivity index (χ3n) is 3.51. The van der Waals surface area contributed by atoms with E-state index >= 15 is 0 Å². The number of ether oxygens (including phenoxy) is 1. The van der Waals surface area contributed by atoms with Gasteiger partial charge in [0.2, 0.25) is 0 Å². The van der Waals surface area contributed by atoms with Gasteiger partial charge in [0.25, 0.3) is 0 Å². The summed E-state index contributed by atoms with van der Waals surface area (Å²) in [6, 6.07) is 0. The van der Waals surface area contributed by atoms with Crippen LogP contribution < -0.4 is 0 Å². The van der Waals surface area contributed by atoms with E-state index in [2.05, 4.69) is 4.74 Å². The van der Waals surface area contributed by atoms with Gasteiger partial charge < -0.3 is 4.74 Å². The number of ketones is 1. The Hall–Kier alpha value is -1.19. The molecule has 68 valence electrons. The van der Waals surface area contributed by atoms with E-state index in [0.717, 1.165) is 6.42 Å². The first kappa shape index (κ1) is 7.24. The molecule has 0 radical (unpaired) electrons. The Bertz CT molecular complexity index is 333. The van der Waals surface area contributed by atoms with Crippen molar-refractivity contribution in [3.05, 3.63) is 0 Å². The summed E-state index contributed by atoms with van der Waals surface area (Å²) in [5.74, 6) is -1.60. The summed E-state index contributed by atoms with van der Waals surface area (Å²) >= 11 is 0. The van der Waals surface area contributed by atoms with E-state index < -0.39 is 17.9 Å². The predicted molar refractivity (Wildman–Crippen MR) is 39.3 cm³/mol. The van der Waals surface area contributed by atoms with Crippen molar-refractivity contribution in [1.82, 2.24) is 0 Å². The topological polar surface area (TPSA) is 60.4 Å².